The van der Waals surface area contributed by atoms with Crippen LogP contribution in [0.15, 0.2) is 36.4 Å². The van der Waals surface area contributed by atoms with Gasteiger partial charge in [-0.3, -0.25) is 19.3 Å². The van der Waals surface area contributed by atoms with Crippen LogP contribution >= 0.6 is 11.6 Å². The first-order valence-electron chi connectivity index (χ1n) is 10.1. The third kappa shape index (κ3) is 6.56. The zero-order chi connectivity index (χ0) is 24.0. The van der Waals surface area contributed by atoms with E-state index in [9.17, 15) is 18.8 Å². The quantitative estimate of drug-likeness (QED) is 0.597. The van der Waals surface area contributed by atoms with Gasteiger partial charge in [-0.1, -0.05) is 17.7 Å². The molecular formula is C22H24ClFN4O5. The zero-order valence-electron chi connectivity index (χ0n) is 18.0. The van der Waals surface area contributed by atoms with Gasteiger partial charge in [-0.25, -0.2) is 4.39 Å². The van der Waals surface area contributed by atoms with Crippen molar-refractivity contribution < 1.29 is 28.2 Å². The molecule has 3 amide bonds. The minimum Gasteiger partial charge on any atom is -0.493 e. The van der Waals surface area contributed by atoms with Gasteiger partial charge in [0, 0.05) is 37.4 Å². The van der Waals surface area contributed by atoms with Gasteiger partial charge >= 0.3 is 0 Å². The molecule has 0 radical (unpaired) electrons. The second-order valence-electron chi connectivity index (χ2n) is 7.37. The Kier molecular flexibility index (Phi) is 8.07. The smallest absolute Gasteiger partial charge is 0.255 e. The number of piperazine rings is 1. The lowest BCUT2D eigenvalue weighted by molar-refractivity contribution is -0.120. The summed E-state index contributed by atoms with van der Waals surface area (Å²) in [6.45, 7) is 1.56. The van der Waals surface area contributed by atoms with Gasteiger partial charge in [-0.2, -0.15) is 0 Å². The van der Waals surface area contributed by atoms with Crippen molar-refractivity contribution in [2.24, 2.45) is 5.73 Å². The van der Waals surface area contributed by atoms with Crippen molar-refractivity contribution in [3.8, 4) is 11.5 Å². The monoisotopic (exact) mass is 478 g/mol. The molecule has 0 bridgehead atoms. The molecule has 0 aromatic heterocycles. The van der Waals surface area contributed by atoms with E-state index < -0.39 is 11.7 Å². The normalized spacial score (nSPS) is 14.0. The van der Waals surface area contributed by atoms with E-state index in [1.807, 2.05) is 4.90 Å². The second kappa shape index (κ2) is 11.0. The van der Waals surface area contributed by atoms with Crippen LogP contribution in [0.3, 0.4) is 0 Å². The molecule has 176 valence electrons. The molecule has 1 aliphatic rings. The van der Waals surface area contributed by atoms with Crippen LogP contribution in [0.4, 0.5) is 10.1 Å². The molecular weight excluding hydrogens is 455 g/mol. The molecule has 3 N–H and O–H groups in total. The largest absolute Gasteiger partial charge is 0.493 e. The molecule has 2 aromatic rings. The number of primary amides is 1. The van der Waals surface area contributed by atoms with E-state index in [1.54, 1.807) is 11.0 Å². The van der Waals surface area contributed by atoms with Crippen LogP contribution in [0.25, 0.3) is 0 Å². The topological polar surface area (TPSA) is 114 Å². The molecule has 33 heavy (non-hydrogen) atoms. The van der Waals surface area contributed by atoms with Gasteiger partial charge in [0.1, 0.15) is 5.82 Å². The molecule has 0 unspecified atom stereocenters. The fraction of sp³-hybridized carbons (Fsp3) is 0.318. The van der Waals surface area contributed by atoms with Crippen LogP contribution in [0.2, 0.25) is 5.02 Å². The number of hydrogen-bond acceptors (Lipinski definition) is 6. The van der Waals surface area contributed by atoms with Crippen LogP contribution < -0.4 is 20.5 Å². The average molecular weight is 479 g/mol. The Labute approximate surface area is 195 Å². The number of anilines is 1. The number of nitrogens with two attached hydrogens (primary N) is 1. The van der Waals surface area contributed by atoms with Gasteiger partial charge < -0.3 is 25.4 Å². The summed E-state index contributed by atoms with van der Waals surface area (Å²) in [5.41, 5.74) is 5.79. The second-order valence-corrected chi connectivity index (χ2v) is 7.78. The number of ether oxygens (including phenoxy) is 2. The van der Waals surface area contributed by atoms with Crippen molar-refractivity contribution >= 4 is 35.0 Å². The van der Waals surface area contributed by atoms with Gasteiger partial charge in [-0.15, -0.1) is 0 Å². The van der Waals surface area contributed by atoms with E-state index in [4.69, 9.17) is 26.8 Å². The third-order valence-corrected chi connectivity index (χ3v) is 5.25. The van der Waals surface area contributed by atoms with Crippen LogP contribution in [0.1, 0.15) is 10.4 Å². The first-order chi connectivity index (χ1) is 15.8. The molecule has 9 nitrogen and oxygen atoms in total. The lowest BCUT2D eigenvalue weighted by Gasteiger charge is -2.34. The molecule has 1 saturated heterocycles. The van der Waals surface area contributed by atoms with Crippen molar-refractivity contribution in [3.05, 3.63) is 52.8 Å². The molecule has 0 aliphatic carbocycles. The maximum Gasteiger partial charge on any atom is 0.255 e. The van der Waals surface area contributed by atoms with E-state index in [0.717, 1.165) is 0 Å². The molecule has 11 heteroatoms. The average Bonchev–Trinajstić information content (AvgIpc) is 2.77. The highest BCUT2D eigenvalue weighted by atomic mass is 35.5. The van der Waals surface area contributed by atoms with E-state index in [2.05, 4.69) is 5.32 Å². The molecule has 1 fully saturated rings. The van der Waals surface area contributed by atoms with Gasteiger partial charge in [0.15, 0.2) is 18.1 Å². The Balaban J connectivity index is 1.57. The number of carbonyl (C=O) groups excluding carboxylic acids is 3. The molecule has 3 rings (SSSR count). The number of rotatable bonds is 8. The van der Waals surface area contributed by atoms with Crippen molar-refractivity contribution in [1.29, 1.82) is 0 Å². The highest BCUT2D eigenvalue weighted by Gasteiger charge is 2.25. The summed E-state index contributed by atoms with van der Waals surface area (Å²) in [5.74, 6) is -1.27. The predicted octanol–water partition coefficient (Wildman–Crippen LogP) is 1.75. The number of halogens is 2. The SMILES string of the molecule is COc1cc(C(=O)N2CCN(CC(=O)Nc3cccc(F)c3)CC2)cc(Cl)c1OCC(N)=O. The molecule has 0 saturated carbocycles. The van der Waals surface area contributed by atoms with Crippen molar-refractivity contribution in [1.82, 2.24) is 9.80 Å². The fourth-order valence-electron chi connectivity index (χ4n) is 3.39. The summed E-state index contributed by atoms with van der Waals surface area (Å²) >= 11 is 6.23. The number of carbonyl (C=O) groups is 3. The van der Waals surface area contributed by atoms with E-state index >= 15 is 0 Å². The highest BCUT2D eigenvalue weighted by molar-refractivity contribution is 6.32. The summed E-state index contributed by atoms with van der Waals surface area (Å²) in [6.07, 6.45) is 0. The zero-order valence-corrected chi connectivity index (χ0v) is 18.7. The van der Waals surface area contributed by atoms with Gasteiger partial charge in [0.2, 0.25) is 5.91 Å². The predicted molar refractivity (Wildman–Crippen MR) is 120 cm³/mol. The van der Waals surface area contributed by atoms with Gasteiger partial charge in [0.05, 0.1) is 18.7 Å². The fourth-order valence-corrected chi connectivity index (χ4v) is 3.65. The molecule has 0 spiro atoms. The number of nitrogens with zero attached hydrogens (tertiary/aromatic N) is 2. The number of nitrogens with one attached hydrogen (secondary N) is 1. The maximum absolute atomic E-state index is 13.3. The van der Waals surface area contributed by atoms with E-state index in [1.165, 1.54) is 37.4 Å². The lowest BCUT2D eigenvalue weighted by atomic mass is 10.1. The van der Waals surface area contributed by atoms with Gasteiger partial charge in [0.25, 0.3) is 11.8 Å². The summed E-state index contributed by atoms with van der Waals surface area (Å²) in [4.78, 5) is 39.7. The number of hydrogen-bond donors (Lipinski definition) is 2. The molecule has 2 aromatic carbocycles. The van der Waals surface area contributed by atoms with E-state index in [0.29, 0.717) is 37.4 Å². The lowest BCUT2D eigenvalue weighted by Crippen LogP contribution is -2.50. The third-order valence-electron chi connectivity index (χ3n) is 4.97. The Morgan fingerprint density at radius 2 is 1.88 bits per heavy atom. The van der Waals surface area contributed by atoms with E-state index in [-0.39, 0.29) is 41.5 Å². The first-order valence-corrected chi connectivity index (χ1v) is 10.5. The van der Waals surface area contributed by atoms with Crippen molar-refractivity contribution in [3.63, 3.8) is 0 Å². The van der Waals surface area contributed by atoms with Crippen LogP contribution in [-0.4, -0.2) is 74.0 Å². The molecule has 0 atom stereocenters. The Bertz CT molecular complexity index is 1040. The van der Waals surface area contributed by atoms with Crippen molar-refractivity contribution in [2.45, 2.75) is 0 Å². The number of benzene rings is 2. The van der Waals surface area contributed by atoms with Crippen LogP contribution in [0.5, 0.6) is 11.5 Å². The number of amides is 3. The minimum absolute atomic E-state index is 0.117. The Hall–Kier alpha value is -3.37. The summed E-state index contributed by atoms with van der Waals surface area (Å²) < 4.78 is 23.8. The molecule has 1 aliphatic heterocycles. The summed E-state index contributed by atoms with van der Waals surface area (Å²) in [5, 5.41) is 2.78. The maximum atomic E-state index is 13.3. The standard InChI is InChI=1S/C22H24ClFN4O5/c1-32-18-10-14(9-17(23)21(18)33-13-19(25)29)22(31)28-7-5-27(6-8-28)12-20(30)26-16-4-2-3-15(24)11-16/h2-4,9-11H,5-8,12-13H2,1H3,(H2,25,29)(H,26,30). The Morgan fingerprint density at radius 3 is 2.52 bits per heavy atom. The van der Waals surface area contributed by atoms with Crippen LogP contribution in [-0.2, 0) is 9.59 Å². The van der Waals surface area contributed by atoms with Gasteiger partial charge in [-0.05, 0) is 30.3 Å². The molecule has 1 heterocycles. The van der Waals surface area contributed by atoms with Crippen LogP contribution in [0, 0.1) is 5.82 Å². The Morgan fingerprint density at radius 1 is 1.15 bits per heavy atom. The highest BCUT2D eigenvalue weighted by Crippen LogP contribution is 2.36. The minimum atomic E-state index is -0.671. The number of methoxy groups -OCH3 is 1. The van der Waals surface area contributed by atoms with Crippen molar-refractivity contribution in [2.75, 3.05) is 51.8 Å². The first kappa shape index (κ1) is 24.3. The summed E-state index contributed by atoms with van der Waals surface area (Å²) in [7, 11) is 1.39. The summed E-state index contributed by atoms with van der Waals surface area (Å²) in [6, 6.07) is 8.62.